The summed E-state index contributed by atoms with van der Waals surface area (Å²) in [5.41, 5.74) is 2.42. The van der Waals surface area contributed by atoms with Crippen molar-refractivity contribution in [2.75, 3.05) is 54.5 Å². The minimum atomic E-state index is 0.731. The fourth-order valence-corrected chi connectivity index (χ4v) is 3.50. The molecule has 0 atom stereocenters. The Morgan fingerprint density at radius 3 is 1.54 bits per heavy atom. The lowest BCUT2D eigenvalue weighted by Crippen LogP contribution is -2.15. The molecular formula is C23H33N3O2. The molecule has 0 aliphatic heterocycles. The summed E-state index contributed by atoms with van der Waals surface area (Å²) in [4.78, 5) is 4.36. The standard InChI is InChI=1S/C23H33N3O2/c1-24(2)12-6-14-27-18-8-10-22-20(16-18)21-17-19(9-11-23(21)26(22)5)28-15-7-13-25(3)4/h8-11,16-17H,6-7,12-15H2,1-5H3. The number of hydrogen-bond donors (Lipinski definition) is 0. The van der Waals surface area contributed by atoms with Crippen LogP contribution in [0.25, 0.3) is 21.8 Å². The van der Waals surface area contributed by atoms with Gasteiger partial charge in [0.05, 0.1) is 13.2 Å². The second-order valence-corrected chi connectivity index (χ2v) is 7.93. The summed E-state index contributed by atoms with van der Waals surface area (Å²) in [5, 5.41) is 2.42. The summed E-state index contributed by atoms with van der Waals surface area (Å²) in [6, 6.07) is 12.7. The number of nitrogens with zero attached hydrogens (tertiary/aromatic N) is 3. The van der Waals surface area contributed by atoms with E-state index >= 15 is 0 Å². The van der Waals surface area contributed by atoms with Crippen molar-refractivity contribution in [3.63, 3.8) is 0 Å². The van der Waals surface area contributed by atoms with E-state index in [-0.39, 0.29) is 0 Å². The average Bonchev–Trinajstić information content (AvgIpc) is 2.94. The number of aryl methyl sites for hydroxylation is 1. The van der Waals surface area contributed by atoms with Crippen LogP contribution in [0.3, 0.4) is 0 Å². The first-order chi connectivity index (χ1) is 13.5. The highest BCUT2D eigenvalue weighted by molar-refractivity contribution is 6.08. The lowest BCUT2D eigenvalue weighted by atomic mass is 10.1. The maximum atomic E-state index is 5.98. The van der Waals surface area contributed by atoms with E-state index in [4.69, 9.17) is 9.47 Å². The van der Waals surface area contributed by atoms with E-state index in [0.717, 1.165) is 50.6 Å². The number of fused-ring (bicyclic) bond motifs is 3. The zero-order valence-electron chi connectivity index (χ0n) is 17.9. The van der Waals surface area contributed by atoms with Gasteiger partial charge in [-0.2, -0.15) is 0 Å². The van der Waals surface area contributed by atoms with Crippen molar-refractivity contribution in [2.45, 2.75) is 12.8 Å². The molecule has 1 aromatic heterocycles. The van der Waals surface area contributed by atoms with Crippen LogP contribution in [-0.2, 0) is 7.05 Å². The third kappa shape index (κ3) is 4.97. The van der Waals surface area contributed by atoms with Gasteiger partial charge in [0, 0.05) is 41.9 Å². The van der Waals surface area contributed by atoms with Crippen LogP contribution in [0.15, 0.2) is 36.4 Å². The molecular weight excluding hydrogens is 350 g/mol. The lowest BCUT2D eigenvalue weighted by molar-refractivity contribution is 0.281. The summed E-state index contributed by atoms with van der Waals surface area (Å²) in [7, 11) is 10.5. The molecule has 5 nitrogen and oxygen atoms in total. The monoisotopic (exact) mass is 383 g/mol. The molecule has 0 aliphatic rings. The highest BCUT2D eigenvalue weighted by Gasteiger charge is 2.10. The highest BCUT2D eigenvalue weighted by atomic mass is 16.5. The molecule has 0 spiro atoms. The van der Waals surface area contributed by atoms with Gasteiger partial charge in [0.1, 0.15) is 11.5 Å². The van der Waals surface area contributed by atoms with Gasteiger partial charge in [-0.3, -0.25) is 0 Å². The van der Waals surface area contributed by atoms with Crippen LogP contribution >= 0.6 is 0 Å². The largest absolute Gasteiger partial charge is 0.494 e. The van der Waals surface area contributed by atoms with Crippen LogP contribution in [0.1, 0.15) is 12.8 Å². The Balaban J connectivity index is 1.78. The first-order valence-corrected chi connectivity index (χ1v) is 10.0. The maximum Gasteiger partial charge on any atom is 0.120 e. The first-order valence-electron chi connectivity index (χ1n) is 10.0. The second kappa shape index (κ2) is 9.30. The Kier molecular flexibility index (Phi) is 6.81. The van der Waals surface area contributed by atoms with Gasteiger partial charge in [-0.05, 0) is 77.4 Å². The van der Waals surface area contributed by atoms with Crippen LogP contribution in [0.2, 0.25) is 0 Å². The highest BCUT2D eigenvalue weighted by Crippen LogP contribution is 2.33. The predicted octanol–water partition coefficient (Wildman–Crippen LogP) is 3.99. The SMILES string of the molecule is CN(C)CCCOc1ccc2c(c1)c1cc(OCCCN(C)C)ccc1n2C. The zero-order valence-corrected chi connectivity index (χ0v) is 17.9. The molecule has 28 heavy (non-hydrogen) atoms. The summed E-state index contributed by atoms with van der Waals surface area (Å²) in [5.74, 6) is 1.85. The van der Waals surface area contributed by atoms with E-state index in [1.54, 1.807) is 0 Å². The molecule has 3 rings (SSSR count). The fourth-order valence-electron chi connectivity index (χ4n) is 3.50. The molecule has 2 aromatic carbocycles. The second-order valence-electron chi connectivity index (χ2n) is 7.93. The fraction of sp³-hybridized carbons (Fsp3) is 0.478. The quantitative estimate of drug-likeness (QED) is 0.495. The van der Waals surface area contributed by atoms with Crippen molar-refractivity contribution >= 4 is 21.8 Å². The summed E-state index contributed by atoms with van der Waals surface area (Å²) in [6.45, 7) is 3.53. The Morgan fingerprint density at radius 2 is 1.14 bits per heavy atom. The van der Waals surface area contributed by atoms with E-state index in [2.05, 4.69) is 86.0 Å². The Labute approximate surface area is 168 Å². The van der Waals surface area contributed by atoms with E-state index in [9.17, 15) is 0 Å². The van der Waals surface area contributed by atoms with Crippen molar-refractivity contribution in [1.82, 2.24) is 14.4 Å². The van der Waals surface area contributed by atoms with Gasteiger partial charge in [-0.25, -0.2) is 0 Å². The molecule has 0 amide bonds. The molecule has 0 fully saturated rings. The third-order valence-corrected chi connectivity index (χ3v) is 4.99. The van der Waals surface area contributed by atoms with Gasteiger partial charge in [0.2, 0.25) is 0 Å². The molecule has 3 aromatic rings. The van der Waals surface area contributed by atoms with Crippen LogP contribution in [0.4, 0.5) is 0 Å². The van der Waals surface area contributed by atoms with Gasteiger partial charge in [-0.15, -0.1) is 0 Å². The van der Waals surface area contributed by atoms with Gasteiger partial charge in [0.25, 0.3) is 0 Å². The number of benzene rings is 2. The summed E-state index contributed by atoms with van der Waals surface area (Å²) < 4.78 is 14.2. The molecule has 152 valence electrons. The van der Waals surface area contributed by atoms with Crippen molar-refractivity contribution in [2.24, 2.45) is 7.05 Å². The van der Waals surface area contributed by atoms with Crippen molar-refractivity contribution < 1.29 is 9.47 Å². The molecule has 0 radical (unpaired) electrons. The van der Waals surface area contributed by atoms with E-state index in [1.165, 1.54) is 21.8 Å². The molecule has 0 saturated carbocycles. The Hall–Kier alpha value is -2.24. The Morgan fingerprint density at radius 1 is 0.714 bits per heavy atom. The van der Waals surface area contributed by atoms with Crippen LogP contribution < -0.4 is 9.47 Å². The predicted molar refractivity (Wildman–Crippen MR) is 118 cm³/mol. The lowest BCUT2D eigenvalue weighted by Gasteiger charge is -2.11. The molecule has 0 bridgehead atoms. The minimum absolute atomic E-state index is 0.731. The first kappa shape index (κ1) is 20.5. The number of aromatic nitrogens is 1. The van der Waals surface area contributed by atoms with Gasteiger partial charge < -0.3 is 23.8 Å². The number of hydrogen-bond acceptors (Lipinski definition) is 4. The topological polar surface area (TPSA) is 29.9 Å². The number of ether oxygens (including phenoxy) is 2. The van der Waals surface area contributed by atoms with Crippen molar-refractivity contribution in [3.8, 4) is 11.5 Å². The molecule has 1 heterocycles. The van der Waals surface area contributed by atoms with Crippen LogP contribution in [0, 0.1) is 0 Å². The van der Waals surface area contributed by atoms with Gasteiger partial charge in [-0.1, -0.05) is 0 Å². The number of rotatable bonds is 10. The van der Waals surface area contributed by atoms with Gasteiger partial charge in [0.15, 0.2) is 0 Å². The smallest absolute Gasteiger partial charge is 0.120 e. The zero-order chi connectivity index (χ0) is 20.1. The average molecular weight is 384 g/mol. The normalized spacial score (nSPS) is 11.8. The Bertz CT molecular complexity index is 842. The van der Waals surface area contributed by atoms with Crippen LogP contribution in [0.5, 0.6) is 11.5 Å². The van der Waals surface area contributed by atoms with E-state index < -0.39 is 0 Å². The molecule has 0 aliphatic carbocycles. The van der Waals surface area contributed by atoms with Gasteiger partial charge >= 0.3 is 0 Å². The summed E-state index contributed by atoms with van der Waals surface area (Å²) >= 11 is 0. The van der Waals surface area contributed by atoms with E-state index in [0.29, 0.717) is 0 Å². The van der Waals surface area contributed by atoms with Crippen molar-refractivity contribution in [1.29, 1.82) is 0 Å². The summed E-state index contributed by atoms with van der Waals surface area (Å²) in [6.07, 6.45) is 2.04. The third-order valence-electron chi connectivity index (χ3n) is 4.99. The molecule has 0 unspecified atom stereocenters. The minimum Gasteiger partial charge on any atom is -0.494 e. The van der Waals surface area contributed by atoms with E-state index in [1.807, 2.05) is 0 Å². The molecule has 5 heteroatoms. The molecule has 0 N–H and O–H groups in total. The molecule has 0 saturated heterocycles. The maximum absolute atomic E-state index is 5.98. The van der Waals surface area contributed by atoms with Crippen molar-refractivity contribution in [3.05, 3.63) is 36.4 Å². The van der Waals surface area contributed by atoms with Crippen LogP contribution in [-0.4, -0.2) is 68.9 Å².